The molecule has 1 aromatic heterocycles. The number of nitrogen functional groups attached to an aromatic ring is 1. The molecule has 1 aromatic rings. The molecule has 9 nitrogen and oxygen atoms in total. The van der Waals surface area contributed by atoms with Gasteiger partial charge in [0.05, 0.1) is 12.7 Å². The average molecular weight is 413 g/mol. The monoisotopic (exact) mass is 413 g/mol. The summed E-state index contributed by atoms with van der Waals surface area (Å²) in [6.45, 7) is -0.648. The molecular weight excluding hydrogens is 395 g/mol. The smallest absolute Gasteiger partial charge is 0.351 e. The molecule has 5 atom stereocenters. The molecule has 146 valence electrons. The second-order valence-corrected chi connectivity index (χ2v) is 9.11. The number of rotatable bonds is 4. The third-order valence-corrected chi connectivity index (χ3v) is 6.39. The van der Waals surface area contributed by atoms with Crippen LogP contribution in [0.15, 0.2) is 17.1 Å². The average Bonchev–Trinajstić information content (AvgIpc) is 2.80. The van der Waals surface area contributed by atoms with Crippen molar-refractivity contribution in [1.82, 2.24) is 9.55 Å². The lowest BCUT2D eigenvalue weighted by atomic mass is 9.96. The zero-order valence-corrected chi connectivity index (χ0v) is 15.5. The van der Waals surface area contributed by atoms with E-state index in [4.69, 9.17) is 35.8 Å². The maximum Gasteiger partial charge on any atom is 0.351 e. The van der Waals surface area contributed by atoms with Gasteiger partial charge >= 0.3 is 12.4 Å². The van der Waals surface area contributed by atoms with Gasteiger partial charge in [-0.25, -0.2) is 13.6 Å². The van der Waals surface area contributed by atoms with Gasteiger partial charge in [-0.15, -0.1) is 0 Å². The highest BCUT2D eigenvalue weighted by Crippen LogP contribution is 2.61. The van der Waals surface area contributed by atoms with Crippen LogP contribution in [0.3, 0.4) is 0 Å². The number of halogens is 2. The standard InChI is InChI=1S/C13H18F2N3O6PS/c1-6(2)23-25(26)21-5-13(11(14)15)9(24-25)8(19)10(22-13)18-4-3-7(16)17-12(18)20/h3-4,6,8-11,19H,5H2,1-2H3,(H2,16,17,20)/t8-,9-,10-,13-,25?/m0/s1. The first-order chi connectivity index (χ1) is 12.1. The van der Waals surface area contributed by atoms with Crippen molar-refractivity contribution in [2.75, 3.05) is 12.3 Å². The highest BCUT2D eigenvalue weighted by molar-refractivity contribution is 8.07. The Bertz CT molecular complexity index is 795. The third kappa shape index (κ3) is 3.31. The Morgan fingerprint density at radius 1 is 1.58 bits per heavy atom. The maximum atomic E-state index is 13.8. The molecule has 2 aliphatic heterocycles. The summed E-state index contributed by atoms with van der Waals surface area (Å²) in [4.78, 5) is 15.5. The summed E-state index contributed by atoms with van der Waals surface area (Å²) in [5.74, 6) is -0.0554. The summed E-state index contributed by atoms with van der Waals surface area (Å²) in [6.07, 6.45) is -6.91. The lowest BCUT2D eigenvalue weighted by Gasteiger charge is -2.41. The molecule has 0 amide bonds. The number of nitrogens with zero attached hydrogens (tertiary/aromatic N) is 2. The Kier molecular flexibility index (Phi) is 5.21. The normalized spacial score (nSPS) is 37.3. The van der Waals surface area contributed by atoms with Gasteiger partial charge in [-0.05, 0) is 31.7 Å². The zero-order valence-electron chi connectivity index (χ0n) is 13.8. The van der Waals surface area contributed by atoms with E-state index in [1.807, 2.05) is 0 Å². The molecule has 0 aliphatic carbocycles. The summed E-state index contributed by atoms with van der Waals surface area (Å²) < 4.78 is 50.1. The number of fused-ring (bicyclic) bond motifs is 1. The van der Waals surface area contributed by atoms with Gasteiger partial charge in [-0.1, -0.05) is 0 Å². The molecule has 2 saturated heterocycles. The van der Waals surface area contributed by atoms with Crippen LogP contribution in [0.25, 0.3) is 0 Å². The highest BCUT2D eigenvalue weighted by Gasteiger charge is 2.66. The van der Waals surface area contributed by atoms with Gasteiger partial charge in [0.25, 0.3) is 6.43 Å². The van der Waals surface area contributed by atoms with E-state index in [0.717, 1.165) is 4.57 Å². The van der Waals surface area contributed by atoms with E-state index in [-0.39, 0.29) is 11.9 Å². The second kappa shape index (κ2) is 6.86. The first-order valence-corrected chi connectivity index (χ1v) is 10.2. The Morgan fingerprint density at radius 3 is 2.85 bits per heavy atom. The molecule has 3 rings (SSSR count). The molecular formula is C13H18F2N3O6PS. The van der Waals surface area contributed by atoms with E-state index in [1.165, 1.54) is 12.3 Å². The number of ether oxygens (including phenoxy) is 1. The summed E-state index contributed by atoms with van der Waals surface area (Å²) in [5, 5.41) is 10.6. The van der Waals surface area contributed by atoms with Gasteiger partial charge in [0.1, 0.15) is 18.0 Å². The van der Waals surface area contributed by atoms with E-state index in [9.17, 15) is 18.7 Å². The molecule has 1 unspecified atom stereocenters. The number of hydrogen-bond acceptors (Lipinski definition) is 9. The minimum absolute atomic E-state index is 0.0554. The molecule has 2 fully saturated rings. The van der Waals surface area contributed by atoms with Gasteiger partial charge in [-0.2, -0.15) is 4.98 Å². The summed E-state index contributed by atoms with van der Waals surface area (Å²) >= 11 is 5.18. The van der Waals surface area contributed by atoms with E-state index in [0.29, 0.717) is 0 Å². The van der Waals surface area contributed by atoms with Crippen LogP contribution in [0.2, 0.25) is 0 Å². The van der Waals surface area contributed by atoms with Crippen molar-refractivity contribution in [2.45, 2.75) is 50.4 Å². The number of hydrogen-bond donors (Lipinski definition) is 2. The fourth-order valence-electron chi connectivity index (χ4n) is 2.81. The largest absolute Gasteiger partial charge is 0.386 e. The van der Waals surface area contributed by atoms with Crippen LogP contribution in [0, 0.1) is 0 Å². The van der Waals surface area contributed by atoms with E-state index in [2.05, 4.69) is 4.98 Å². The van der Waals surface area contributed by atoms with Crippen molar-refractivity contribution in [3.63, 3.8) is 0 Å². The van der Waals surface area contributed by atoms with Crippen LogP contribution in [0.4, 0.5) is 14.6 Å². The lowest BCUT2D eigenvalue weighted by Crippen LogP contribution is -2.56. The van der Waals surface area contributed by atoms with E-state index in [1.54, 1.807) is 13.8 Å². The highest BCUT2D eigenvalue weighted by atomic mass is 32.5. The SMILES string of the molecule is CC(C)OP1(=S)OC[C@]2(C(F)F)O[C@H](n3ccc(N)nc3=O)[C@@H](O)[C@@H]2O1. The van der Waals surface area contributed by atoms with Gasteiger partial charge in [0.15, 0.2) is 11.8 Å². The minimum Gasteiger partial charge on any atom is -0.386 e. The molecule has 0 bridgehead atoms. The van der Waals surface area contributed by atoms with Crippen LogP contribution in [-0.2, 0) is 30.1 Å². The van der Waals surface area contributed by atoms with Crippen molar-refractivity contribution in [3.8, 4) is 0 Å². The molecule has 13 heteroatoms. The number of aliphatic hydroxyl groups excluding tert-OH is 1. The van der Waals surface area contributed by atoms with Crippen LogP contribution in [-0.4, -0.2) is 51.6 Å². The second-order valence-electron chi connectivity index (χ2n) is 6.20. The Balaban J connectivity index is 1.97. The predicted molar refractivity (Wildman–Crippen MR) is 89.1 cm³/mol. The summed E-state index contributed by atoms with van der Waals surface area (Å²) in [6, 6.07) is 1.28. The summed E-state index contributed by atoms with van der Waals surface area (Å²) in [5.41, 5.74) is 2.25. The van der Waals surface area contributed by atoms with Gasteiger partial charge in [-0.3, -0.25) is 9.09 Å². The first-order valence-electron chi connectivity index (χ1n) is 7.68. The Hall–Kier alpha value is -1.01. The Labute approximate surface area is 152 Å². The fourth-order valence-corrected chi connectivity index (χ4v) is 5.39. The van der Waals surface area contributed by atoms with Crippen LogP contribution in [0.1, 0.15) is 20.1 Å². The molecule has 3 heterocycles. The fraction of sp³-hybridized carbons (Fsp3) is 0.692. The number of anilines is 1. The van der Waals surface area contributed by atoms with Crippen molar-refractivity contribution >= 4 is 24.3 Å². The third-order valence-electron chi connectivity index (χ3n) is 3.95. The number of nitrogens with two attached hydrogens (primary N) is 1. The summed E-state index contributed by atoms with van der Waals surface area (Å²) in [7, 11) is 0. The number of aliphatic hydroxyl groups is 1. The number of alkyl halides is 2. The molecule has 2 aliphatic rings. The number of aromatic nitrogens is 2. The maximum absolute atomic E-state index is 13.8. The topological polar surface area (TPSA) is 118 Å². The molecule has 26 heavy (non-hydrogen) atoms. The van der Waals surface area contributed by atoms with Crippen molar-refractivity contribution in [2.24, 2.45) is 0 Å². The molecule has 0 saturated carbocycles. The van der Waals surface area contributed by atoms with E-state index >= 15 is 0 Å². The predicted octanol–water partition coefficient (Wildman–Crippen LogP) is 0.784. The van der Waals surface area contributed by atoms with Crippen LogP contribution < -0.4 is 11.4 Å². The minimum atomic E-state index is -3.36. The first kappa shape index (κ1) is 19.7. The van der Waals surface area contributed by atoms with Crippen LogP contribution in [0.5, 0.6) is 0 Å². The van der Waals surface area contributed by atoms with Gasteiger partial charge in [0, 0.05) is 6.20 Å². The lowest BCUT2D eigenvalue weighted by molar-refractivity contribution is -0.204. The molecule has 3 N–H and O–H groups in total. The van der Waals surface area contributed by atoms with Crippen molar-refractivity contribution < 1.29 is 32.2 Å². The Morgan fingerprint density at radius 2 is 2.27 bits per heavy atom. The van der Waals surface area contributed by atoms with Crippen molar-refractivity contribution in [3.05, 3.63) is 22.7 Å². The van der Waals surface area contributed by atoms with Gasteiger partial charge < -0.3 is 24.6 Å². The quantitative estimate of drug-likeness (QED) is 0.691. The van der Waals surface area contributed by atoms with Crippen LogP contribution >= 0.6 is 6.72 Å². The molecule has 0 aromatic carbocycles. The van der Waals surface area contributed by atoms with Gasteiger partial charge in [0.2, 0.25) is 0 Å². The zero-order chi connectivity index (χ0) is 19.3. The van der Waals surface area contributed by atoms with E-state index < -0.39 is 49.5 Å². The molecule has 0 spiro atoms. The van der Waals surface area contributed by atoms with Crippen molar-refractivity contribution in [1.29, 1.82) is 0 Å². The molecule has 0 radical (unpaired) electrons.